The Morgan fingerprint density at radius 2 is 1.75 bits per heavy atom. The molecule has 24 heavy (non-hydrogen) atoms. The third-order valence-corrected chi connectivity index (χ3v) is 4.75. The summed E-state index contributed by atoms with van der Waals surface area (Å²) < 4.78 is 7.55. The average Bonchev–Trinajstić information content (AvgIpc) is 3.00. The van der Waals surface area contributed by atoms with E-state index in [4.69, 9.17) is 9.73 Å². The standard InChI is InChI=1S/C20H22N2OS/c1-4-13-22-19(16-7-11-18(23-3)12-8-16)14-24-20(22)21-17-9-5-15(2)6-10-17/h5-12,14H,4,13H2,1-3H3. The van der Waals surface area contributed by atoms with Crippen LogP contribution in [-0.2, 0) is 6.54 Å². The molecule has 0 fully saturated rings. The quantitative estimate of drug-likeness (QED) is 0.630. The fourth-order valence-electron chi connectivity index (χ4n) is 2.58. The van der Waals surface area contributed by atoms with Crippen LogP contribution in [0.2, 0.25) is 0 Å². The van der Waals surface area contributed by atoms with Crippen LogP contribution < -0.4 is 9.54 Å². The minimum absolute atomic E-state index is 0.876. The lowest BCUT2D eigenvalue weighted by molar-refractivity contribution is 0.415. The summed E-state index contributed by atoms with van der Waals surface area (Å²) in [7, 11) is 1.69. The summed E-state index contributed by atoms with van der Waals surface area (Å²) in [6.45, 7) is 5.24. The van der Waals surface area contributed by atoms with Gasteiger partial charge >= 0.3 is 0 Å². The van der Waals surface area contributed by atoms with E-state index in [2.05, 4.69) is 60.2 Å². The van der Waals surface area contributed by atoms with E-state index in [1.807, 2.05) is 12.1 Å². The fourth-order valence-corrected chi connectivity index (χ4v) is 3.54. The average molecular weight is 338 g/mol. The van der Waals surface area contributed by atoms with Crippen molar-refractivity contribution >= 4 is 17.0 Å². The van der Waals surface area contributed by atoms with Gasteiger partial charge in [0, 0.05) is 11.9 Å². The summed E-state index contributed by atoms with van der Waals surface area (Å²) in [6, 6.07) is 16.5. The lowest BCUT2D eigenvalue weighted by atomic mass is 10.1. The minimum Gasteiger partial charge on any atom is -0.497 e. The molecule has 0 radical (unpaired) electrons. The number of rotatable bonds is 5. The van der Waals surface area contributed by atoms with Gasteiger partial charge < -0.3 is 9.30 Å². The fraction of sp³-hybridized carbons (Fsp3) is 0.250. The Morgan fingerprint density at radius 1 is 1.04 bits per heavy atom. The van der Waals surface area contributed by atoms with Crippen molar-refractivity contribution in [1.82, 2.24) is 4.57 Å². The monoisotopic (exact) mass is 338 g/mol. The zero-order valence-corrected chi connectivity index (χ0v) is 15.1. The number of nitrogens with zero attached hydrogens (tertiary/aromatic N) is 2. The van der Waals surface area contributed by atoms with Gasteiger partial charge in [-0.05, 0) is 55.3 Å². The van der Waals surface area contributed by atoms with E-state index in [9.17, 15) is 0 Å². The van der Waals surface area contributed by atoms with E-state index in [0.717, 1.165) is 29.2 Å². The second-order valence-electron chi connectivity index (χ2n) is 5.73. The van der Waals surface area contributed by atoms with Crippen LogP contribution in [0.5, 0.6) is 5.75 Å². The third kappa shape index (κ3) is 3.60. The molecule has 0 unspecified atom stereocenters. The molecule has 1 aromatic heterocycles. The van der Waals surface area contributed by atoms with Gasteiger partial charge in [-0.25, -0.2) is 4.99 Å². The Morgan fingerprint density at radius 3 is 2.38 bits per heavy atom. The van der Waals surface area contributed by atoms with Crippen molar-refractivity contribution in [2.24, 2.45) is 4.99 Å². The number of aryl methyl sites for hydroxylation is 1. The molecule has 0 saturated carbocycles. The highest BCUT2D eigenvalue weighted by molar-refractivity contribution is 7.07. The number of hydrogen-bond acceptors (Lipinski definition) is 3. The van der Waals surface area contributed by atoms with Gasteiger partial charge in [-0.3, -0.25) is 0 Å². The molecule has 0 amide bonds. The van der Waals surface area contributed by atoms with Crippen molar-refractivity contribution in [3.05, 3.63) is 64.3 Å². The number of thiazole rings is 1. The molecule has 0 aliphatic heterocycles. The highest BCUT2D eigenvalue weighted by Crippen LogP contribution is 2.23. The molecule has 0 N–H and O–H groups in total. The van der Waals surface area contributed by atoms with Gasteiger partial charge in [0.25, 0.3) is 0 Å². The SMILES string of the molecule is CCCn1c(-c2ccc(OC)cc2)csc1=Nc1ccc(C)cc1. The van der Waals surface area contributed by atoms with Crippen molar-refractivity contribution in [2.45, 2.75) is 26.8 Å². The van der Waals surface area contributed by atoms with E-state index in [1.54, 1.807) is 18.4 Å². The Hall–Kier alpha value is -2.33. The van der Waals surface area contributed by atoms with Crippen molar-refractivity contribution in [3.8, 4) is 17.0 Å². The maximum Gasteiger partial charge on any atom is 0.190 e. The molecular weight excluding hydrogens is 316 g/mol. The van der Waals surface area contributed by atoms with Gasteiger partial charge in [-0.15, -0.1) is 11.3 Å². The van der Waals surface area contributed by atoms with Crippen LogP contribution in [0.3, 0.4) is 0 Å². The van der Waals surface area contributed by atoms with E-state index >= 15 is 0 Å². The van der Waals surface area contributed by atoms with Crippen LogP contribution in [-0.4, -0.2) is 11.7 Å². The van der Waals surface area contributed by atoms with E-state index in [-0.39, 0.29) is 0 Å². The first-order chi connectivity index (χ1) is 11.7. The zero-order chi connectivity index (χ0) is 16.9. The Labute approximate surface area is 146 Å². The molecular formula is C20H22N2OS. The summed E-state index contributed by atoms with van der Waals surface area (Å²) >= 11 is 1.68. The van der Waals surface area contributed by atoms with Gasteiger partial charge in [-0.1, -0.05) is 24.6 Å². The Bertz CT molecular complexity index is 858. The first-order valence-electron chi connectivity index (χ1n) is 8.15. The summed E-state index contributed by atoms with van der Waals surface area (Å²) in [6.07, 6.45) is 1.07. The van der Waals surface area contributed by atoms with Crippen LogP contribution >= 0.6 is 11.3 Å². The summed E-state index contributed by atoms with van der Waals surface area (Å²) in [5, 5.41) is 2.19. The van der Waals surface area contributed by atoms with Gasteiger partial charge in [-0.2, -0.15) is 0 Å². The number of ether oxygens (including phenoxy) is 1. The maximum atomic E-state index is 5.25. The maximum absolute atomic E-state index is 5.25. The molecule has 4 heteroatoms. The number of methoxy groups -OCH3 is 1. The second kappa shape index (κ2) is 7.49. The predicted octanol–water partition coefficient (Wildman–Crippen LogP) is 5.18. The Balaban J connectivity index is 2.05. The molecule has 0 saturated heterocycles. The normalized spacial score (nSPS) is 11.7. The molecule has 3 rings (SSSR count). The molecule has 0 atom stereocenters. The number of benzene rings is 2. The smallest absolute Gasteiger partial charge is 0.190 e. The molecule has 1 heterocycles. The van der Waals surface area contributed by atoms with Crippen molar-refractivity contribution in [3.63, 3.8) is 0 Å². The zero-order valence-electron chi connectivity index (χ0n) is 14.3. The largest absolute Gasteiger partial charge is 0.497 e. The topological polar surface area (TPSA) is 26.5 Å². The molecule has 3 nitrogen and oxygen atoms in total. The van der Waals surface area contributed by atoms with Crippen LogP contribution in [0.1, 0.15) is 18.9 Å². The molecule has 0 aliphatic carbocycles. The van der Waals surface area contributed by atoms with Crippen LogP contribution in [0.15, 0.2) is 58.9 Å². The highest BCUT2D eigenvalue weighted by Gasteiger charge is 2.08. The molecule has 0 spiro atoms. The molecule has 124 valence electrons. The van der Waals surface area contributed by atoms with Crippen molar-refractivity contribution in [1.29, 1.82) is 0 Å². The predicted molar refractivity (Wildman–Crippen MR) is 101 cm³/mol. The summed E-state index contributed by atoms with van der Waals surface area (Å²) in [5.74, 6) is 0.876. The van der Waals surface area contributed by atoms with E-state index < -0.39 is 0 Å². The van der Waals surface area contributed by atoms with Crippen LogP contribution in [0, 0.1) is 6.92 Å². The first kappa shape index (κ1) is 16.5. The molecule has 3 aromatic rings. The number of aromatic nitrogens is 1. The first-order valence-corrected chi connectivity index (χ1v) is 9.03. The lowest BCUT2D eigenvalue weighted by Gasteiger charge is -2.08. The minimum atomic E-state index is 0.876. The highest BCUT2D eigenvalue weighted by atomic mass is 32.1. The van der Waals surface area contributed by atoms with Gasteiger partial charge in [0.2, 0.25) is 0 Å². The molecule has 0 bridgehead atoms. The lowest BCUT2D eigenvalue weighted by Crippen LogP contribution is -2.15. The Kier molecular flexibility index (Phi) is 5.16. The van der Waals surface area contributed by atoms with Crippen LogP contribution in [0.4, 0.5) is 5.69 Å². The van der Waals surface area contributed by atoms with Gasteiger partial charge in [0.05, 0.1) is 18.5 Å². The molecule has 0 aliphatic rings. The molecule has 2 aromatic carbocycles. The summed E-state index contributed by atoms with van der Waals surface area (Å²) in [4.78, 5) is 5.87. The third-order valence-electron chi connectivity index (χ3n) is 3.89. The van der Waals surface area contributed by atoms with Gasteiger partial charge in [0.15, 0.2) is 4.80 Å². The van der Waals surface area contributed by atoms with Crippen molar-refractivity contribution in [2.75, 3.05) is 7.11 Å². The van der Waals surface area contributed by atoms with E-state index in [0.29, 0.717) is 0 Å². The number of hydrogen-bond donors (Lipinski definition) is 0. The van der Waals surface area contributed by atoms with Crippen molar-refractivity contribution < 1.29 is 4.74 Å². The summed E-state index contributed by atoms with van der Waals surface area (Å²) in [5.41, 5.74) is 4.63. The van der Waals surface area contributed by atoms with E-state index in [1.165, 1.54) is 16.8 Å². The second-order valence-corrected chi connectivity index (χ2v) is 6.57. The van der Waals surface area contributed by atoms with Gasteiger partial charge in [0.1, 0.15) is 5.75 Å². The van der Waals surface area contributed by atoms with Crippen LogP contribution in [0.25, 0.3) is 11.3 Å².